The number of benzene rings is 1. The topological polar surface area (TPSA) is 55.6 Å². The summed E-state index contributed by atoms with van der Waals surface area (Å²) in [6.07, 6.45) is 3.39. The van der Waals surface area contributed by atoms with Crippen LogP contribution in [-0.2, 0) is 4.74 Å². The molecule has 3 rings (SSSR count). The zero-order valence-corrected chi connectivity index (χ0v) is 13.0. The molecule has 1 fully saturated rings. The van der Waals surface area contributed by atoms with Crippen LogP contribution in [0.1, 0.15) is 23.2 Å². The van der Waals surface area contributed by atoms with Crippen molar-refractivity contribution in [2.24, 2.45) is 0 Å². The second kappa shape index (κ2) is 6.50. The molecule has 2 heterocycles. The van der Waals surface area contributed by atoms with Gasteiger partial charge in [-0.15, -0.1) is 0 Å². The highest BCUT2D eigenvalue weighted by Crippen LogP contribution is 2.32. The molecule has 1 amide bonds. The van der Waals surface area contributed by atoms with Crippen molar-refractivity contribution in [1.29, 1.82) is 0 Å². The Bertz CT molecular complexity index is 671. The number of halogens is 1. The standard InChI is InChI=1S/C16H17ClN2O3/c1-21-10-11-5-4-8-19(11)16(20)13-9-18-22-15(13)12-6-2-3-7-14(12)17/h2-3,6-7,9,11H,4-5,8,10H2,1H3/t11-/m1/s1. The lowest BCUT2D eigenvalue weighted by Gasteiger charge is -2.23. The van der Waals surface area contributed by atoms with E-state index in [1.54, 1.807) is 13.2 Å². The van der Waals surface area contributed by atoms with Crippen LogP contribution < -0.4 is 0 Å². The normalized spacial score (nSPS) is 17.9. The Morgan fingerprint density at radius 2 is 2.32 bits per heavy atom. The van der Waals surface area contributed by atoms with Gasteiger partial charge in [0.05, 0.1) is 23.9 Å². The van der Waals surface area contributed by atoms with Crippen LogP contribution in [0.3, 0.4) is 0 Å². The van der Waals surface area contributed by atoms with Crippen molar-refractivity contribution in [3.05, 3.63) is 41.0 Å². The van der Waals surface area contributed by atoms with Gasteiger partial charge in [-0.2, -0.15) is 0 Å². The van der Waals surface area contributed by atoms with Gasteiger partial charge in [0, 0.05) is 19.2 Å². The second-order valence-electron chi connectivity index (χ2n) is 5.30. The van der Waals surface area contributed by atoms with Gasteiger partial charge in [0.2, 0.25) is 0 Å². The van der Waals surface area contributed by atoms with Crippen molar-refractivity contribution in [1.82, 2.24) is 10.1 Å². The zero-order valence-electron chi connectivity index (χ0n) is 12.3. The molecule has 116 valence electrons. The maximum Gasteiger partial charge on any atom is 0.259 e. The number of likely N-dealkylation sites (tertiary alicyclic amines) is 1. The molecule has 1 saturated heterocycles. The van der Waals surface area contributed by atoms with E-state index in [0.717, 1.165) is 19.4 Å². The Kier molecular flexibility index (Phi) is 4.45. The number of hydrogen-bond acceptors (Lipinski definition) is 4. The zero-order chi connectivity index (χ0) is 15.5. The van der Waals surface area contributed by atoms with Crippen LogP contribution in [0.25, 0.3) is 11.3 Å². The van der Waals surface area contributed by atoms with E-state index >= 15 is 0 Å². The van der Waals surface area contributed by atoms with Gasteiger partial charge in [-0.25, -0.2) is 0 Å². The highest BCUT2D eigenvalue weighted by molar-refractivity contribution is 6.33. The lowest BCUT2D eigenvalue weighted by molar-refractivity contribution is 0.0631. The first-order valence-electron chi connectivity index (χ1n) is 7.22. The predicted molar refractivity (Wildman–Crippen MR) is 82.9 cm³/mol. The molecule has 1 atom stereocenters. The first-order valence-corrected chi connectivity index (χ1v) is 7.59. The summed E-state index contributed by atoms with van der Waals surface area (Å²) in [4.78, 5) is 14.7. The summed E-state index contributed by atoms with van der Waals surface area (Å²) in [6, 6.07) is 7.36. The molecule has 0 radical (unpaired) electrons. The minimum atomic E-state index is -0.0873. The van der Waals surface area contributed by atoms with Crippen LogP contribution in [0.4, 0.5) is 0 Å². The van der Waals surface area contributed by atoms with Crippen molar-refractivity contribution < 1.29 is 14.1 Å². The second-order valence-corrected chi connectivity index (χ2v) is 5.71. The van der Waals surface area contributed by atoms with Gasteiger partial charge in [0.15, 0.2) is 5.76 Å². The Hall–Kier alpha value is -1.85. The van der Waals surface area contributed by atoms with Gasteiger partial charge < -0.3 is 14.2 Å². The number of carbonyl (C=O) groups excluding carboxylic acids is 1. The summed E-state index contributed by atoms with van der Waals surface area (Å²) in [7, 11) is 1.65. The van der Waals surface area contributed by atoms with Crippen molar-refractivity contribution >= 4 is 17.5 Å². The molecule has 1 aliphatic rings. The maximum atomic E-state index is 12.8. The largest absolute Gasteiger partial charge is 0.383 e. The lowest BCUT2D eigenvalue weighted by atomic mass is 10.1. The number of carbonyl (C=O) groups is 1. The van der Waals surface area contributed by atoms with Crippen molar-refractivity contribution in [3.63, 3.8) is 0 Å². The number of nitrogens with zero attached hydrogens (tertiary/aromatic N) is 2. The molecule has 1 aliphatic heterocycles. The number of ether oxygens (including phenoxy) is 1. The fraction of sp³-hybridized carbons (Fsp3) is 0.375. The Morgan fingerprint density at radius 1 is 1.50 bits per heavy atom. The molecule has 0 unspecified atom stereocenters. The molecule has 2 aromatic rings. The highest BCUT2D eigenvalue weighted by Gasteiger charge is 2.32. The number of amides is 1. The maximum absolute atomic E-state index is 12.8. The van der Waals surface area contributed by atoms with Gasteiger partial charge in [0.25, 0.3) is 5.91 Å². The number of rotatable bonds is 4. The van der Waals surface area contributed by atoms with Crippen molar-refractivity contribution in [2.45, 2.75) is 18.9 Å². The van der Waals surface area contributed by atoms with E-state index < -0.39 is 0 Å². The highest BCUT2D eigenvalue weighted by atomic mass is 35.5. The molecule has 0 bridgehead atoms. The molecular weight excluding hydrogens is 304 g/mol. The average Bonchev–Trinajstić information content (AvgIpc) is 3.16. The van der Waals surface area contributed by atoms with E-state index in [-0.39, 0.29) is 11.9 Å². The summed E-state index contributed by atoms with van der Waals surface area (Å²) in [5.41, 5.74) is 1.11. The summed E-state index contributed by atoms with van der Waals surface area (Å²) < 4.78 is 10.5. The molecule has 0 spiro atoms. The van der Waals surface area contributed by atoms with Crippen LogP contribution >= 0.6 is 11.6 Å². The van der Waals surface area contributed by atoms with E-state index in [4.69, 9.17) is 20.9 Å². The third kappa shape index (κ3) is 2.74. The fourth-order valence-electron chi connectivity index (χ4n) is 2.85. The molecule has 0 saturated carbocycles. The van der Waals surface area contributed by atoms with Gasteiger partial charge in [-0.3, -0.25) is 4.79 Å². The van der Waals surface area contributed by atoms with Crippen LogP contribution in [0.15, 0.2) is 35.0 Å². The Balaban J connectivity index is 1.92. The first kappa shape index (κ1) is 15.1. The van der Waals surface area contributed by atoms with Gasteiger partial charge in [0.1, 0.15) is 5.56 Å². The van der Waals surface area contributed by atoms with Crippen LogP contribution in [0.5, 0.6) is 0 Å². The monoisotopic (exact) mass is 320 g/mol. The smallest absolute Gasteiger partial charge is 0.259 e. The minimum absolute atomic E-state index is 0.0873. The molecular formula is C16H17ClN2O3. The summed E-state index contributed by atoms with van der Waals surface area (Å²) in [5, 5.41) is 4.32. The van der Waals surface area contributed by atoms with Crippen LogP contribution in [0, 0.1) is 0 Å². The van der Waals surface area contributed by atoms with Crippen molar-refractivity contribution in [2.75, 3.05) is 20.3 Å². The third-order valence-corrected chi connectivity index (χ3v) is 4.25. The van der Waals surface area contributed by atoms with Crippen molar-refractivity contribution in [3.8, 4) is 11.3 Å². The molecule has 1 aromatic heterocycles. The molecule has 5 nitrogen and oxygen atoms in total. The molecule has 22 heavy (non-hydrogen) atoms. The molecule has 0 N–H and O–H groups in total. The third-order valence-electron chi connectivity index (χ3n) is 3.92. The predicted octanol–water partition coefficient (Wildman–Crippen LogP) is 3.25. The number of aromatic nitrogens is 1. The quantitative estimate of drug-likeness (QED) is 0.867. The Labute approximate surface area is 133 Å². The SMILES string of the molecule is COC[C@H]1CCCN1C(=O)c1cnoc1-c1ccccc1Cl. The summed E-state index contributed by atoms with van der Waals surface area (Å²) in [6.45, 7) is 1.26. The number of methoxy groups -OCH3 is 1. The summed E-state index contributed by atoms with van der Waals surface area (Å²) in [5.74, 6) is 0.328. The van der Waals surface area contributed by atoms with E-state index in [1.165, 1.54) is 6.20 Å². The molecule has 6 heteroatoms. The number of hydrogen-bond donors (Lipinski definition) is 0. The van der Waals surface area contributed by atoms with E-state index in [9.17, 15) is 4.79 Å². The Morgan fingerprint density at radius 3 is 3.09 bits per heavy atom. The molecule has 1 aromatic carbocycles. The van der Waals surface area contributed by atoms with E-state index in [2.05, 4.69) is 5.16 Å². The average molecular weight is 321 g/mol. The lowest BCUT2D eigenvalue weighted by Crippen LogP contribution is -2.38. The first-order chi connectivity index (χ1) is 10.7. The van der Waals surface area contributed by atoms with Crippen LogP contribution in [0.2, 0.25) is 5.02 Å². The van der Waals surface area contributed by atoms with E-state index in [0.29, 0.717) is 28.5 Å². The fourth-order valence-corrected chi connectivity index (χ4v) is 3.08. The van der Waals surface area contributed by atoms with Gasteiger partial charge >= 0.3 is 0 Å². The minimum Gasteiger partial charge on any atom is -0.383 e. The van der Waals surface area contributed by atoms with Gasteiger partial charge in [-0.1, -0.05) is 28.9 Å². The molecule has 0 aliphatic carbocycles. The van der Waals surface area contributed by atoms with Gasteiger partial charge in [-0.05, 0) is 25.0 Å². The van der Waals surface area contributed by atoms with Crippen LogP contribution in [-0.4, -0.2) is 42.3 Å². The summed E-state index contributed by atoms with van der Waals surface area (Å²) >= 11 is 6.20. The van der Waals surface area contributed by atoms with E-state index in [1.807, 2.05) is 23.1 Å².